The lowest BCUT2D eigenvalue weighted by atomic mass is 10.2. The van der Waals surface area contributed by atoms with E-state index < -0.39 is 35.0 Å². The Kier molecular flexibility index (Phi) is 5.21. The topological polar surface area (TPSA) is 66.9 Å². The molecule has 0 fully saturated rings. The average Bonchev–Trinajstić information content (AvgIpc) is 2.65. The van der Waals surface area contributed by atoms with Gasteiger partial charge < -0.3 is 10.6 Å². The molecule has 0 aliphatic carbocycles. The van der Waals surface area contributed by atoms with E-state index in [-0.39, 0.29) is 17.2 Å². The molecule has 0 saturated heterocycles. The number of anilines is 3. The van der Waals surface area contributed by atoms with Crippen LogP contribution in [0.2, 0.25) is 0 Å². The maximum absolute atomic E-state index is 13.6. The second-order valence-corrected chi connectivity index (χ2v) is 5.55. The van der Waals surface area contributed by atoms with Crippen molar-refractivity contribution in [1.82, 2.24) is 9.97 Å². The number of carbonyl (C=O) groups is 1. The van der Waals surface area contributed by atoms with Gasteiger partial charge in [0.1, 0.15) is 17.3 Å². The number of nitrogens with zero attached hydrogens (tertiary/aromatic N) is 2. The van der Waals surface area contributed by atoms with Crippen LogP contribution < -0.4 is 10.6 Å². The molecule has 10 heteroatoms. The number of nitrogens with one attached hydrogen (secondary N) is 2. The number of aromatic nitrogens is 2. The van der Waals surface area contributed by atoms with E-state index in [9.17, 15) is 26.7 Å². The molecule has 1 heterocycles. The van der Waals surface area contributed by atoms with Gasteiger partial charge in [0.05, 0.1) is 11.1 Å². The van der Waals surface area contributed by atoms with Crippen molar-refractivity contribution in [2.24, 2.45) is 0 Å². The first-order valence-electron chi connectivity index (χ1n) is 7.76. The van der Waals surface area contributed by atoms with Crippen LogP contribution in [0, 0.1) is 11.6 Å². The number of carbonyl (C=O) groups excluding carboxylic acids is 1. The molecule has 2 aromatic carbocycles. The normalized spacial score (nSPS) is 11.2. The zero-order valence-electron chi connectivity index (χ0n) is 13.9. The molecular weight excluding hydrogens is 383 g/mol. The van der Waals surface area contributed by atoms with Gasteiger partial charge in [-0.1, -0.05) is 6.07 Å². The lowest BCUT2D eigenvalue weighted by Gasteiger charge is -2.09. The Labute approximate surface area is 155 Å². The number of amides is 1. The second-order valence-electron chi connectivity index (χ2n) is 5.55. The van der Waals surface area contributed by atoms with E-state index in [1.807, 2.05) is 0 Å². The average molecular weight is 394 g/mol. The van der Waals surface area contributed by atoms with Crippen molar-refractivity contribution in [3.8, 4) is 0 Å². The summed E-state index contributed by atoms with van der Waals surface area (Å²) in [6.07, 6.45) is -2.27. The van der Waals surface area contributed by atoms with Crippen molar-refractivity contribution >= 4 is 23.2 Å². The second kappa shape index (κ2) is 7.59. The Morgan fingerprint density at radius 3 is 2.00 bits per heavy atom. The van der Waals surface area contributed by atoms with E-state index in [0.29, 0.717) is 0 Å². The number of para-hydroxylation sites is 1. The minimum atomic E-state index is -4.48. The van der Waals surface area contributed by atoms with Crippen molar-refractivity contribution < 1.29 is 26.7 Å². The highest BCUT2D eigenvalue weighted by Gasteiger charge is 2.30. The van der Waals surface area contributed by atoms with Crippen molar-refractivity contribution in [3.05, 3.63) is 77.6 Å². The van der Waals surface area contributed by atoms with Crippen molar-refractivity contribution in [3.63, 3.8) is 0 Å². The summed E-state index contributed by atoms with van der Waals surface area (Å²) in [6, 6.07) is 7.20. The van der Waals surface area contributed by atoms with Gasteiger partial charge in [0, 0.05) is 18.1 Å². The highest BCUT2D eigenvalue weighted by molar-refractivity contribution is 6.03. The highest BCUT2D eigenvalue weighted by atomic mass is 19.4. The molecule has 0 atom stereocenters. The van der Waals surface area contributed by atoms with Crippen LogP contribution in [0.1, 0.15) is 15.9 Å². The number of hydrogen-bond donors (Lipinski definition) is 2. The largest absolute Gasteiger partial charge is 0.416 e. The summed E-state index contributed by atoms with van der Waals surface area (Å²) >= 11 is 0. The zero-order valence-corrected chi connectivity index (χ0v) is 13.9. The van der Waals surface area contributed by atoms with Crippen LogP contribution in [0.5, 0.6) is 0 Å². The van der Waals surface area contributed by atoms with Crippen LogP contribution in [-0.2, 0) is 6.18 Å². The maximum Gasteiger partial charge on any atom is 0.416 e. The fourth-order valence-electron chi connectivity index (χ4n) is 2.18. The van der Waals surface area contributed by atoms with Gasteiger partial charge in [0.25, 0.3) is 5.91 Å². The molecule has 28 heavy (non-hydrogen) atoms. The van der Waals surface area contributed by atoms with E-state index in [4.69, 9.17) is 0 Å². The molecule has 3 aromatic rings. The number of alkyl halides is 3. The van der Waals surface area contributed by atoms with Crippen LogP contribution in [0.3, 0.4) is 0 Å². The minimum absolute atomic E-state index is 0.000506. The molecule has 1 aromatic heterocycles. The van der Waals surface area contributed by atoms with E-state index >= 15 is 0 Å². The SMILES string of the molecule is O=C(Nc1ccc(C(F)(F)F)cc1)c1cnc(Nc2c(F)cccc2F)nc1. The molecule has 1 amide bonds. The van der Waals surface area contributed by atoms with E-state index in [0.717, 1.165) is 48.8 Å². The van der Waals surface area contributed by atoms with E-state index in [2.05, 4.69) is 20.6 Å². The van der Waals surface area contributed by atoms with Crippen LogP contribution in [-0.4, -0.2) is 15.9 Å². The molecule has 2 N–H and O–H groups in total. The third-order valence-corrected chi connectivity index (χ3v) is 3.58. The lowest BCUT2D eigenvalue weighted by Crippen LogP contribution is -2.13. The Morgan fingerprint density at radius 1 is 0.893 bits per heavy atom. The third kappa shape index (κ3) is 4.40. The summed E-state index contributed by atoms with van der Waals surface area (Å²) in [5, 5.41) is 4.76. The monoisotopic (exact) mass is 394 g/mol. The van der Waals surface area contributed by atoms with Gasteiger partial charge in [-0.3, -0.25) is 4.79 Å². The van der Waals surface area contributed by atoms with Gasteiger partial charge in [-0.15, -0.1) is 0 Å². The molecule has 5 nitrogen and oxygen atoms in total. The molecule has 0 aliphatic rings. The summed E-state index contributed by atoms with van der Waals surface area (Å²) in [4.78, 5) is 19.7. The first-order valence-corrected chi connectivity index (χ1v) is 7.76. The number of hydrogen-bond acceptors (Lipinski definition) is 4. The standard InChI is InChI=1S/C18H11F5N4O/c19-13-2-1-3-14(20)15(13)27-17-24-8-10(9-25-17)16(28)26-12-6-4-11(5-7-12)18(21,22)23/h1-9H,(H,26,28)(H,24,25,27). The smallest absolute Gasteiger partial charge is 0.322 e. The van der Waals surface area contributed by atoms with Gasteiger partial charge in [-0.05, 0) is 36.4 Å². The molecule has 144 valence electrons. The lowest BCUT2D eigenvalue weighted by molar-refractivity contribution is -0.137. The van der Waals surface area contributed by atoms with Crippen LogP contribution in [0.4, 0.5) is 39.3 Å². The zero-order chi connectivity index (χ0) is 20.3. The molecule has 0 saturated carbocycles. The summed E-state index contributed by atoms with van der Waals surface area (Å²) in [7, 11) is 0. The Hall–Kier alpha value is -3.56. The molecule has 0 radical (unpaired) electrons. The van der Waals surface area contributed by atoms with E-state index in [1.54, 1.807) is 0 Å². The molecule has 0 bridgehead atoms. The Balaban J connectivity index is 1.68. The summed E-state index contributed by atoms with van der Waals surface area (Å²) < 4.78 is 64.8. The maximum atomic E-state index is 13.6. The molecule has 3 rings (SSSR count). The van der Waals surface area contributed by atoms with Gasteiger partial charge in [-0.25, -0.2) is 18.7 Å². The number of halogens is 5. The Bertz CT molecular complexity index is 968. The molecule has 0 spiro atoms. The fourth-order valence-corrected chi connectivity index (χ4v) is 2.18. The molecule has 0 aliphatic heterocycles. The van der Waals surface area contributed by atoms with Crippen molar-refractivity contribution in [2.75, 3.05) is 10.6 Å². The predicted molar refractivity (Wildman–Crippen MR) is 91.1 cm³/mol. The quantitative estimate of drug-likeness (QED) is 0.626. The predicted octanol–water partition coefficient (Wildman–Crippen LogP) is 4.77. The van der Waals surface area contributed by atoms with Crippen molar-refractivity contribution in [2.45, 2.75) is 6.18 Å². The molecule has 0 unspecified atom stereocenters. The van der Waals surface area contributed by atoms with Crippen LogP contribution in [0.25, 0.3) is 0 Å². The van der Waals surface area contributed by atoms with Crippen molar-refractivity contribution in [1.29, 1.82) is 0 Å². The van der Waals surface area contributed by atoms with Gasteiger partial charge in [0.15, 0.2) is 0 Å². The number of rotatable bonds is 4. The number of benzene rings is 2. The minimum Gasteiger partial charge on any atom is -0.322 e. The Morgan fingerprint density at radius 2 is 1.46 bits per heavy atom. The highest BCUT2D eigenvalue weighted by Crippen LogP contribution is 2.29. The van der Waals surface area contributed by atoms with Crippen LogP contribution >= 0.6 is 0 Å². The summed E-state index contributed by atoms with van der Waals surface area (Å²) in [6.45, 7) is 0. The first kappa shape index (κ1) is 19.2. The summed E-state index contributed by atoms with van der Waals surface area (Å²) in [5.74, 6) is -2.49. The molecular formula is C18H11F5N4O. The fraction of sp³-hybridized carbons (Fsp3) is 0.0556. The van der Waals surface area contributed by atoms with E-state index in [1.165, 1.54) is 6.07 Å². The van der Waals surface area contributed by atoms with Gasteiger partial charge in [0.2, 0.25) is 5.95 Å². The van der Waals surface area contributed by atoms with Crippen LogP contribution in [0.15, 0.2) is 54.9 Å². The first-order chi connectivity index (χ1) is 13.2. The van der Waals surface area contributed by atoms with Gasteiger partial charge in [-0.2, -0.15) is 13.2 Å². The summed E-state index contributed by atoms with van der Waals surface area (Å²) in [5.41, 5.74) is -1.14. The third-order valence-electron chi connectivity index (χ3n) is 3.58. The van der Waals surface area contributed by atoms with Gasteiger partial charge >= 0.3 is 6.18 Å².